The van der Waals surface area contributed by atoms with Crippen molar-refractivity contribution in [1.29, 1.82) is 0 Å². The van der Waals surface area contributed by atoms with Crippen molar-refractivity contribution in [3.05, 3.63) is 34.7 Å². The molecule has 0 amide bonds. The highest BCUT2D eigenvalue weighted by Crippen LogP contribution is 2.25. The zero-order chi connectivity index (χ0) is 9.42. The highest BCUT2D eigenvalue weighted by atomic mass is 35.5. The molecule has 2 heterocycles. The first kappa shape index (κ1) is 8.45. The lowest BCUT2D eigenvalue weighted by atomic mass is 10.1. The summed E-state index contributed by atoms with van der Waals surface area (Å²) >= 11 is 6.12. The van der Waals surface area contributed by atoms with Crippen LogP contribution in [0.5, 0.6) is 0 Å². The largest absolute Gasteiger partial charge is 0.264 e. The van der Waals surface area contributed by atoms with Crippen LogP contribution >= 0.6 is 11.6 Å². The third kappa shape index (κ3) is 1.27. The summed E-state index contributed by atoms with van der Waals surface area (Å²) in [7, 11) is 0. The Morgan fingerprint density at radius 2 is 1.85 bits per heavy atom. The van der Waals surface area contributed by atoms with E-state index in [9.17, 15) is 0 Å². The summed E-state index contributed by atoms with van der Waals surface area (Å²) in [6, 6.07) is 0. The zero-order valence-corrected chi connectivity index (χ0v) is 8.26. The molecule has 0 aromatic carbocycles. The van der Waals surface area contributed by atoms with Crippen LogP contribution in [0.1, 0.15) is 11.1 Å². The van der Waals surface area contributed by atoms with Gasteiger partial charge in [-0.25, -0.2) is 0 Å². The fraction of sp³-hybridized carbons (Fsp3) is 0.200. The van der Waals surface area contributed by atoms with Crippen LogP contribution in [0.15, 0.2) is 18.6 Å². The number of halogens is 1. The number of aromatic nitrogens is 2. The Morgan fingerprint density at radius 3 is 2.62 bits per heavy atom. The second kappa shape index (κ2) is 2.96. The van der Waals surface area contributed by atoms with Crippen LogP contribution in [-0.4, -0.2) is 9.97 Å². The average molecular weight is 193 g/mol. The molecule has 0 aliphatic carbocycles. The van der Waals surface area contributed by atoms with Crippen molar-refractivity contribution < 1.29 is 0 Å². The number of rotatable bonds is 0. The van der Waals surface area contributed by atoms with Gasteiger partial charge in [-0.15, -0.1) is 0 Å². The highest BCUT2D eigenvalue weighted by Gasteiger charge is 2.04. The van der Waals surface area contributed by atoms with Crippen molar-refractivity contribution in [2.75, 3.05) is 0 Å². The molecule has 3 heteroatoms. The Kier molecular flexibility index (Phi) is 1.93. The topological polar surface area (TPSA) is 25.8 Å². The van der Waals surface area contributed by atoms with Gasteiger partial charge in [0.15, 0.2) is 0 Å². The van der Waals surface area contributed by atoms with Crippen molar-refractivity contribution in [2.45, 2.75) is 13.8 Å². The molecule has 2 aromatic heterocycles. The molecule has 0 unspecified atom stereocenters. The minimum atomic E-state index is 0.751. The molecule has 0 fully saturated rings. The Morgan fingerprint density at radius 1 is 1.08 bits per heavy atom. The molecule has 0 aliphatic heterocycles. The van der Waals surface area contributed by atoms with Crippen LogP contribution < -0.4 is 0 Å². The highest BCUT2D eigenvalue weighted by molar-refractivity contribution is 6.36. The number of hydrogen-bond acceptors (Lipinski definition) is 2. The minimum absolute atomic E-state index is 0.751. The van der Waals surface area contributed by atoms with E-state index in [2.05, 4.69) is 9.97 Å². The van der Waals surface area contributed by atoms with Crippen molar-refractivity contribution in [3.8, 4) is 0 Å². The van der Waals surface area contributed by atoms with E-state index in [0.29, 0.717) is 0 Å². The average Bonchev–Trinajstić information content (AvgIpc) is 2.12. The van der Waals surface area contributed by atoms with Gasteiger partial charge in [-0.05, 0) is 25.0 Å². The van der Waals surface area contributed by atoms with E-state index in [-0.39, 0.29) is 0 Å². The van der Waals surface area contributed by atoms with E-state index in [1.54, 1.807) is 18.6 Å². The minimum Gasteiger partial charge on any atom is -0.264 e. The van der Waals surface area contributed by atoms with Crippen LogP contribution in [0.25, 0.3) is 10.9 Å². The summed E-state index contributed by atoms with van der Waals surface area (Å²) in [5.74, 6) is 0. The quantitative estimate of drug-likeness (QED) is 0.642. The maximum Gasteiger partial charge on any atom is 0.0777 e. The van der Waals surface area contributed by atoms with E-state index in [1.807, 2.05) is 13.8 Å². The summed E-state index contributed by atoms with van der Waals surface area (Å²) < 4.78 is 0. The molecule has 0 N–H and O–H groups in total. The smallest absolute Gasteiger partial charge is 0.0777 e. The van der Waals surface area contributed by atoms with Crippen LogP contribution in [0.3, 0.4) is 0 Å². The fourth-order valence-corrected chi connectivity index (χ4v) is 1.51. The Labute approximate surface area is 81.6 Å². The molecule has 0 spiro atoms. The molecule has 2 rings (SSSR count). The molecular weight excluding hydrogens is 184 g/mol. The summed E-state index contributed by atoms with van der Waals surface area (Å²) in [5.41, 5.74) is 2.98. The lowest BCUT2D eigenvalue weighted by molar-refractivity contribution is 1.25. The molecule has 0 saturated carbocycles. The van der Waals surface area contributed by atoms with Crippen molar-refractivity contribution >= 4 is 22.5 Å². The van der Waals surface area contributed by atoms with Gasteiger partial charge < -0.3 is 0 Å². The standard InChI is InChI=1S/C10H9ClN2/c1-6-4-13-10-7(2)3-12-5-8(10)9(6)11/h3-5H,1-2H3. The second-order valence-corrected chi connectivity index (χ2v) is 3.49. The van der Waals surface area contributed by atoms with Crippen LogP contribution in [0.4, 0.5) is 0 Å². The van der Waals surface area contributed by atoms with E-state index in [1.165, 1.54) is 0 Å². The Balaban J connectivity index is 2.94. The summed E-state index contributed by atoms with van der Waals surface area (Å²) in [6.07, 6.45) is 5.34. The SMILES string of the molecule is Cc1cnc2c(C)cncc2c1Cl. The zero-order valence-electron chi connectivity index (χ0n) is 7.50. The third-order valence-corrected chi connectivity index (χ3v) is 2.57. The number of fused-ring (bicyclic) bond motifs is 1. The first-order chi connectivity index (χ1) is 6.20. The Bertz CT molecular complexity index is 466. The van der Waals surface area contributed by atoms with Gasteiger partial charge in [0.2, 0.25) is 0 Å². The molecule has 0 bridgehead atoms. The van der Waals surface area contributed by atoms with E-state index in [4.69, 9.17) is 11.6 Å². The maximum atomic E-state index is 6.12. The molecular formula is C10H9ClN2. The van der Waals surface area contributed by atoms with E-state index < -0.39 is 0 Å². The van der Waals surface area contributed by atoms with E-state index >= 15 is 0 Å². The summed E-state index contributed by atoms with van der Waals surface area (Å²) in [4.78, 5) is 8.41. The second-order valence-electron chi connectivity index (χ2n) is 3.11. The predicted octanol–water partition coefficient (Wildman–Crippen LogP) is 2.90. The first-order valence-electron chi connectivity index (χ1n) is 4.05. The first-order valence-corrected chi connectivity index (χ1v) is 4.43. The number of nitrogens with zero attached hydrogens (tertiary/aromatic N) is 2. The molecule has 0 aliphatic rings. The maximum absolute atomic E-state index is 6.12. The number of hydrogen-bond donors (Lipinski definition) is 0. The van der Waals surface area contributed by atoms with Gasteiger partial charge in [-0.1, -0.05) is 11.6 Å². The molecule has 66 valence electrons. The van der Waals surface area contributed by atoms with Gasteiger partial charge >= 0.3 is 0 Å². The van der Waals surface area contributed by atoms with Crippen LogP contribution in [0.2, 0.25) is 5.02 Å². The van der Waals surface area contributed by atoms with Crippen molar-refractivity contribution in [2.24, 2.45) is 0 Å². The van der Waals surface area contributed by atoms with Gasteiger partial charge in [0, 0.05) is 24.0 Å². The van der Waals surface area contributed by atoms with Gasteiger partial charge in [0.1, 0.15) is 0 Å². The van der Waals surface area contributed by atoms with Gasteiger partial charge in [-0.3, -0.25) is 9.97 Å². The third-order valence-electron chi connectivity index (χ3n) is 2.07. The monoisotopic (exact) mass is 192 g/mol. The van der Waals surface area contributed by atoms with Crippen LogP contribution in [-0.2, 0) is 0 Å². The number of pyridine rings is 2. The van der Waals surface area contributed by atoms with Gasteiger partial charge in [0.25, 0.3) is 0 Å². The summed E-state index contributed by atoms with van der Waals surface area (Å²) in [6.45, 7) is 3.92. The molecule has 0 radical (unpaired) electrons. The molecule has 13 heavy (non-hydrogen) atoms. The Hall–Kier alpha value is -1.15. The van der Waals surface area contributed by atoms with Gasteiger partial charge in [0.05, 0.1) is 10.5 Å². The molecule has 0 saturated heterocycles. The lowest BCUT2D eigenvalue weighted by Gasteiger charge is -2.03. The molecule has 0 atom stereocenters. The van der Waals surface area contributed by atoms with Crippen molar-refractivity contribution in [3.63, 3.8) is 0 Å². The van der Waals surface area contributed by atoms with Crippen LogP contribution in [0, 0.1) is 13.8 Å². The number of aryl methyl sites for hydroxylation is 2. The summed E-state index contributed by atoms with van der Waals surface area (Å²) in [5, 5.41) is 1.68. The van der Waals surface area contributed by atoms with Gasteiger partial charge in [-0.2, -0.15) is 0 Å². The molecule has 2 aromatic rings. The predicted molar refractivity (Wildman–Crippen MR) is 54.0 cm³/mol. The fourth-order valence-electron chi connectivity index (χ4n) is 1.32. The molecule has 2 nitrogen and oxygen atoms in total. The lowest BCUT2D eigenvalue weighted by Crippen LogP contribution is -1.88. The van der Waals surface area contributed by atoms with E-state index in [0.717, 1.165) is 27.1 Å². The van der Waals surface area contributed by atoms with Crippen molar-refractivity contribution in [1.82, 2.24) is 9.97 Å². The normalized spacial score (nSPS) is 10.7.